The summed E-state index contributed by atoms with van der Waals surface area (Å²) in [5, 5.41) is 2.88. The third-order valence-electron chi connectivity index (χ3n) is 5.48. The van der Waals surface area contributed by atoms with Gasteiger partial charge in [-0.25, -0.2) is 13.4 Å². The van der Waals surface area contributed by atoms with Gasteiger partial charge < -0.3 is 10.3 Å². The van der Waals surface area contributed by atoms with Crippen molar-refractivity contribution >= 4 is 32.7 Å². The van der Waals surface area contributed by atoms with Crippen molar-refractivity contribution in [2.75, 3.05) is 18.4 Å². The predicted octanol–water partition coefficient (Wildman–Crippen LogP) is 5.29. The summed E-state index contributed by atoms with van der Waals surface area (Å²) in [6.07, 6.45) is 1.49. The summed E-state index contributed by atoms with van der Waals surface area (Å²) >= 11 is 0. The largest absolute Gasteiger partial charge is 0.338 e. The van der Waals surface area contributed by atoms with Gasteiger partial charge in [0.05, 0.1) is 15.9 Å². The lowest BCUT2D eigenvalue weighted by atomic mass is 10.1. The number of nitrogens with one attached hydrogen (secondary N) is 2. The molecule has 2 N–H and O–H groups in total. The summed E-state index contributed by atoms with van der Waals surface area (Å²) in [7, 11) is -3.58. The molecule has 0 saturated heterocycles. The van der Waals surface area contributed by atoms with Gasteiger partial charge in [0.1, 0.15) is 5.82 Å². The fourth-order valence-electron chi connectivity index (χ4n) is 3.82. The number of hydrogen-bond acceptors (Lipinski definition) is 4. The number of amides is 1. The van der Waals surface area contributed by atoms with E-state index in [-0.39, 0.29) is 10.8 Å². The van der Waals surface area contributed by atoms with Crippen molar-refractivity contribution in [1.29, 1.82) is 0 Å². The van der Waals surface area contributed by atoms with Crippen LogP contribution < -0.4 is 5.32 Å². The normalized spacial score (nSPS) is 11.7. The fourth-order valence-corrected chi connectivity index (χ4v) is 5.44. The molecule has 0 radical (unpaired) electrons. The summed E-state index contributed by atoms with van der Waals surface area (Å²) in [4.78, 5) is 20.9. The molecule has 4 rings (SSSR count). The molecule has 0 saturated carbocycles. The van der Waals surface area contributed by atoms with Crippen LogP contribution in [-0.2, 0) is 10.0 Å². The summed E-state index contributed by atoms with van der Waals surface area (Å²) in [6.45, 7) is 4.85. The minimum Gasteiger partial charge on any atom is -0.338 e. The quantitative estimate of drug-likeness (QED) is 0.343. The zero-order valence-electron chi connectivity index (χ0n) is 19.3. The number of rotatable bonds is 9. The van der Waals surface area contributed by atoms with Gasteiger partial charge in [-0.15, -0.1) is 0 Å². The van der Waals surface area contributed by atoms with Crippen LogP contribution in [0.4, 0.5) is 5.69 Å². The van der Waals surface area contributed by atoms with Gasteiger partial charge in [-0.05, 0) is 61.4 Å². The van der Waals surface area contributed by atoms with E-state index in [9.17, 15) is 13.2 Å². The van der Waals surface area contributed by atoms with Crippen molar-refractivity contribution in [3.8, 4) is 11.4 Å². The van der Waals surface area contributed by atoms with E-state index >= 15 is 0 Å². The minimum absolute atomic E-state index is 0.192. The Morgan fingerprint density at radius 2 is 1.65 bits per heavy atom. The Hall–Kier alpha value is -3.49. The topological polar surface area (TPSA) is 95.2 Å². The molecular weight excluding hydrogens is 448 g/mol. The van der Waals surface area contributed by atoms with Crippen molar-refractivity contribution in [2.24, 2.45) is 0 Å². The van der Waals surface area contributed by atoms with Crippen LogP contribution >= 0.6 is 0 Å². The molecular formula is C26H28N4O3S. The Morgan fingerprint density at radius 3 is 2.32 bits per heavy atom. The fraction of sp³-hybridized carbons (Fsp3) is 0.231. The highest BCUT2D eigenvalue weighted by Crippen LogP contribution is 2.24. The number of hydrogen-bond donors (Lipinski definition) is 2. The highest BCUT2D eigenvalue weighted by molar-refractivity contribution is 7.89. The van der Waals surface area contributed by atoms with E-state index in [1.165, 1.54) is 16.4 Å². The van der Waals surface area contributed by atoms with Gasteiger partial charge >= 0.3 is 0 Å². The first-order valence-electron chi connectivity index (χ1n) is 11.4. The minimum atomic E-state index is -3.58. The van der Waals surface area contributed by atoms with Gasteiger partial charge in [-0.1, -0.05) is 38.1 Å². The zero-order chi connectivity index (χ0) is 24.1. The monoisotopic (exact) mass is 476 g/mol. The van der Waals surface area contributed by atoms with Gasteiger partial charge in [0.25, 0.3) is 5.91 Å². The molecule has 0 unspecified atom stereocenters. The number of anilines is 1. The number of H-pyrrole nitrogens is 1. The van der Waals surface area contributed by atoms with E-state index in [0.29, 0.717) is 24.3 Å². The molecule has 0 aliphatic rings. The highest BCUT2D eigenvalue weighted by Gasteiger charge is 2.23. The number of sulfonamides is 1. The molecule has 0 aliphatic heterocycles. The van der Waals surface area contributed by atoms with Gasteiger partial charge in [0.2, 0.25) is 10.0 Å². The Morgan fingerprint density at radius 1 is 0.941 bits per heavy atom. The number of carbonyl (C=O) groups is 1. The summed E-state index contributed by atoms with van der Waals surface area (Å²) < 4.78 is 27.4. The second-order valence-electron chi connectivity index (χ2n) is 8.07. The molecule has 176 valence electrons. The van der Waals surface area contributed by atoms with Crippen molar-refractivity contribution in [3.63, 3.8) is 0 Å². The second kappa shape index (κ2) is 10.2. The number of para-hydroxylation sites is 2. The maximum atomic E-state index is 12.9. The molecule has 7 nitrogen and oxygen atoms in total. The van der Waals surface area contributed by atoms with Crippen molar-refractivity contribution < 1.29 is 13.2 Å². The Bertz CT molecular complexity index is 1360. The van der Waals surface area contributed by atoms with Crippen molar-refractivity contribution in [2.45, 2.75) is 31.6 Å². The van der Waals surface area contributed by atoms with Crippen LogP contribution in [0.3, 0.4) is 0 Å². The average molecular weight is 477 g/mol. The number of benzene rings is 3. The standard InChI is InChI=1S/C26H28N4O3S/c1-3-16-30(17-4-2)34(32,33)22-14-12-19(13-15-22)26(31)27-21-9-7-8-20(18-21)25-28-23-10-5-6-11-24(23)29-25/h5-15,18H,3-4,16-17H2,1-2H3,(H,27,31)(H,28,29). The third-order valence-corrected chi connectivity index (χ3v) is 7.40. The van der Waals surface area contributed by atoms with E-state index in [1.54, 1.807) is 18.2 Å². The molecule has 4 aromatic rings. The van der Waals surface area contributed by atoms with E-state index < -0.39 is 10.0 Å². The Balaban J connectivity index is 1.50. The molecule has 0 atom stereocenters. The molecule has 8 heteroatoms. The van der Waals surface area contributed by atoms with E-state index in [4.69, 9.17) is 0 Å². The molecule has 1 aromatic heterocycles. The molecule has 0 fully saturated rings. The molecule has 1 heterocycles. The molecule has 1 amide bonds. The lowest BCUT2D eigenvalue weighted by molar-refractivity contribution is 0.102. The predicted molar refractivity (Wildman–Crippen MR) is 135 cm³/mol. The second-order valence-corrected chi connectivity index (χ2v) is 10.0. The van der Waals surface area contributed by atoms with Gasteiger partial charge in [0, 0.05) is 29.9 Å². The van der Waals surface area contributed by atoms with Gasteiger partial charge in [0.15, 0.2) is 0 Å². The molecule has 34 heavy (non-hydrogen) atoms. The first kappa shape index (κ1) is 23.7. The van der Waals surface area contributed by atoms with Crippen LogP contribution in [0, 0.1) is 0 Å². The summed E-state index contributed by atoms with van der Waals surface area (Å²) in [5.74, 6) is 0.403. The van der Waals surface area contributed by atoms with Crippen LogP contribution in [0.5, 0.6) is 0 Å². The Labute approximate surface area is 199 Å². The number of carbonyl (C=O) groups excluding carboxylic acids is 1. The number of nitrogens with zero attached hydrogens (tertiary/aromatic N) is 2. The van der Waals surface area contributed by atoms with E-state index in [1.807, 2.05) is 56.3 Å². The lowest BCUT2D eigenvalue weighted by Gasteiger charge is -2.21. The molecule has 0 aliphatic carbocycles. The van der Waals surface area contributed by atoms with Crippen LogP contribution in [0.25, 0.3) is 22.4 Å². The maximum absolute atomic E-state index is 12.9. The van der Waals surface area contributed by atoms with E-state index in [2.05, 4.69) is 15.3 Å². The van der Waals surface area contributed by atoms with Gasteiger partial charge in [-0.3, -0.25) is 4.79 Å². The lowest BCUT2D eigenvalue weighted by Crippen LogP contribution is -2.32. The summed E-state index contributed by atoms with van der Waals surface area (Å²) in [5.41, 5.74) is 3.67. The number of fused-ring (bicyclic) bond motifs is 1. The third kappa shape index (κ3) is 5.03. The molecule has 0 spiro atoms. The number of imidazole rings is 1. The van der Waals surface area contributed by atoms with E-state index in [0.717, 1.165) is 35.3 Å². The SMILES string of the molecule is CCCN(CCC)S(=O)(=O)c1ccc(C(=O)Nc2cccc(-c3nc4ccccc4[nH]3)c2)cc1. The summed E-state index contributed by atoms with van der Waals surface area (Å²) in [6, 6.07) is 21.3. The van der Waals surface area contributed by atoms with Crippen LogP contribution in [0.1, 0.15) is 37.0 Å². The van der Waals surface area contributed by atoms with Crippen LogP contribution in [0.15, 0.2) is 77.7 Å². The molecule has 3 aromatic carbocycles. The smallest absolute Gasteiger partial charge is 0.255 e. The maximum Gasteiger partial charge on any atom is 0.255 e. The highest BCUT2D eigenvalue weighted by atomic mass is 32.2. The first-order valence-corrected chi connectivity index (χ1v) is 12.8. The number of aromatic nitrogens is 2. The average Bonchev–Trinajstić information content (AvgIpc) is 3.29. The van der Waals surface area contributed by atoms with Crippen LogP contribution in [0.2, 0.25) is 0 Å². The zero-order valence-corrected chi connectivity index (χ0v) is 20.1. The first-order chi connectivity index (χ1) is 16.4. The van der Waals surface area contributed by atoms with Gasteiger partial charge in [-0.2, -0.15) is 4.31 Å². The van der Waals surface area contributed by atoms with Crippen molar-refractivity contribution in [1.82, 2.24) is 14.3 Å². The number of aromatic amines is 1. The Kier molecular flexibility index (Phi) is 7.09. The van der Waals surface area contributed by atoms with Crippen molar-refractivity contribution in [3.05, 3.63) is 78.4 Å². The van der Waals surface area contributed by atoms with Crippen LogP contribution in [-0.4, -0.2) is 41.7 Å². The molecule has 0 bridgehead atoms.